The molecule has 4 aromatic heterocycles. The Morgan fingerprint density at radius 2 is 1.96 bits per heavy atom. The second kappa shape index (κ2) is 6.00. The maximum absolute atomic E-state index is 12.7. The highest BCUT2D eigenvalue weighted by Gasteiger charge is 2.15. The highest BCUT2D eigenvalue weighted by Crippen LogP contribution is 2.29. The second-order valence-electron chi connectivity index (χ2n) is 6.21. The van der Waals surface area contributed by atoms with E-state index in [-0.39, 0.29) is 5.56 Å². The van der Waals surface area contributed by atoms with Gasteiger partial charge < -0.3 is 4.40 Å². The Labute approximate surface area is 153 Å². The Morgan fingerprint density at radius 3 is 2.76 bits per heavy atom. The Hall–Kier alpha value is -2.12. The molecular weight excluding hydrogens is 352 g/mol. The van der Waals surface area contributed by atoms with Crippen LogP contribution in [0.15, 0.2) is 34.5 Å². The van der Waals surface area contributed by atoms with E-state index in [0.29, 0.717) is 5.75 Å². The van der Waals surface area contributed by atoms with Crippen LogP contribution in [0.3, 0.4) is 0 Å². The van der Waals surface area contributed by atoms with Gasteiger partial charge in [-0.1, -0.05) is 17.8 Å². The number of aryl methyl sites for hydroxylation is 3. The van der Waals surface area contributed by atoms with E-state index in [9.17, 15) is 4.79 Å². The maximum atomic E-state index is 12.7. The van der Waals surface area contributed by atoms with Gasteiger partial charge in [0.1, 0.15) is 10.5 Å². The third-order valence-corrected chi connectivity index (χ3v) is 6.53. The van der Waals surface area contributed by atoms with Crippen LogP contribution in [-0.2, 0) is 12.8 Å². The van der Waals surface area contributed by atoms with Gasteiger partial charge in [0.25, 0.3) is 5.56 Å². The van der Waals surface area contributed by atoms with Crippen molar-refractivity contribution in [3.63, 3.8) is 0 Å². The summed E-state index contributed by atoms with van der Waals surface area (Å²) in [5.74, 6) is 0.676. The summed E-state index contributed by atoms with van der Waals surface area (Å²) in [4.78, 5) is 24.0. The molecule has 0 bridgehead atoms. The number of thiophene rings is 1. The third-order valence-electron chi connectivity index (χ3n) is 4.37. The molecule has 0 spiro atoms. The fourth-order valence-corrected chi connectivity index (χ4v) is 4.77. The first-order chi connectivity index (χ1) is 11.9. The molecule has 0 radical (unpaired) electrons. The van der Waals surface area contributed by atoms with Crippen molar-refractivity contribution in [1.29, 1.82) is 0 Å². The minimum Gasteiger partial charge on any atom is -0.307 e. The highest BCUT2D eigenvalue weighted by molar-refractivity contribution is 7.98. The van der Waals surface area contributed by atoms with Crippen molar-refractivity contribution in [2.24, 2.45) is 7.05 Å². The van der Waals surface area contributed by atoms with Crippen molar-refractivity contribution in [2.45, 2.75) is 31.7 Å². The van der Waals surface area contributed by atoms with Crippen molar-refractivity contribution < 1.29 is 0 Å². The van der Waals surface area contributed by atoms with E-state index < -0.39 is 0 Å². The molecule has 0 saturated heterocycles. The molecule has 0 saturated carbocycles. The summed E-state index contributed by atoms with van der Waals surface area (Å²) in [7, 11) is 1.79. The molecule has 0 aliphatic carbocycles. The van der Waals surface area contributed by atoms with Gasteiger partial charge in [-0.3, -0.25) is 9.36 Å². The number of aromatic nitrogens is 4. The van der Waals surface area contributed by atoms with Gasteiger partial charge in [-0.2, -0.15) is 0 Å². The highest BCUT2D eigenvalue weighted by atomic mass is 32.2. The number of thioether (sulfide) groups is 1. The molecule has 0 amide bonds. The number of hydrogen-bond donors (Lipinski definition) is 0. The van der Waals surface area contributed by atoms with Gasteiger partial charge in [-0.05, 0) is 38.0 Å². The van der Waals surface area contributed by atoms with Crippen LogP contribution in [0, 0.1) is 20.8 Å². The van der Waals surface area contributed by atoms with Crippen LogP contribution in [0.4, 0.5) is 0 Å². The summed E-state index contributed by atoms with van der Waals surface area (Å²) in [6.45, 7) is 6.09. The van der Waals surface area contributed by atoms with Crippen LogP contribution in [0.25, 0.3) is 15.9 Å². The lowest BCUT2D eigenvalue weighted by molar-refractivity contribution is 0.727. The molecule has 0 N–H and O–H groups in total. The average molecular weight is 371 g/mol. The summed E-state index contributed by atoms with van der Waals surface area (Å²) in [5, 5.41) is 1.48. The molecule has 4 rings (SSSR count). The van der Waals surface area contributed by atoms with Gasteiger partial charge in [-0.25, -0.2) is 9.97 Å². The van der Waals surface area contributed by atoms with Crippen molar-refractivity contribution in [2.75, 3.05) is 0 Å². The normalized spacial score (nSPS) is 11.7. The quantitative estimate of drug-likeness (QED) is 0.406. The predicted molar refractivity (Wildman–Crippen MR) is 104 cm³/mol. The fraction of sp³-hybridized carbons (Fsp3) is 0.278. The summed E-state index contributed by atoms with van der Waals surface area (Å²) >= 11 is 3.13. The van der Waals surface area contributed by atoms with Crippen molar-refractivity contribution >= 4 is 39.0 Å². The monoisotopic (exact) mass is 370 g/mol. The molecule has 4 heterocycles. The van der Waals surface area contributed by atoms with Crippen molar-refractivity contribution in [3.8, 4) is 0 Å². The van der Waals surface area contributed by atoms with Gasteiger partial charge in [0, 0.05) is 30.1 Å². The second-order valence-corrected chi connectivity index (χ2v) is 8.36. The standard InChI is InChI=1S/C18H18N4OS2/c1-10-5-6-14-19-13(8-22(14)7-10)9-24-18-20-16-15(17(23)21(18)4)11(2)12(3)25-16/h5-8H,9H2,1-4H3. The topological polar surface area (TPSA) is 52.2 Å². The lowest BCUT2D eigenvalue weighted by Crippen LogP contribution is -2.19. The molecular formula is C18H18N4OS2. The zero-order chi connectivity index (χ0) is 17.7. The fourth-order valence-electron chi connectivity index (χ4n) is 2.85. The summed E-state index contributed by atoms with van der Waals surface area (Å²) < 4.78 is 3.68. The van der Waals surface area contributed by atoms with Crippen LogP contribution >= 0.6 is 23.1 Å². The largest absolute Gasteiger partial charge is 0.307 e. The molecule has 0 aliphatic heterocycles. The van der Waals surface area contributed by atoms with Gasteiger partial charge in [0.15, 0.2) is 5.16 Å². The third kappa shape index (κ3) is 2.77. The molecule has 7 heteroatoms. The number of nitrogens with zero attached hydrogens (tertiary/aromatic N) is 4. The molecule has 0 unspecified atom stereocenters. The number of fused-ring (bicyclic) bond motifs is 2. The van der Waals surface area contributed by atoms with Crippen LogP contribution in [0.1, 0.15) is 21.7 Å². The summed E-state index contributed by atoms with van der Waals surface area (Å²) in [6, 6.07) is 4.07. The van der Waals surface area contributed by atoms with Crippen LogP contribution in [0.5, 0.6) is 0 Å². The maximum Gasteiger partial charge on any atom is 0.262 e. The number of hydrogen-bond acceptors (Lipinski definition) is 5. The first-order valence-electron chi connectivity index (χ1n) is 7.98. The van der Waals surface area contributed by atoms with Crippen molar-refractivity contribution in [1.82, 2.24) is 18.9 Å². The number of pyridine rings is 1. The summed E-state index contributed by atoms with van der Waals surface area (Å²) in [5.41, 5.74) is 4.17. The van der Waals surface area contributed by atoms with Gasteiger partial charge in [-0.15, -0.1) is 11.3 Å². The Morgan fingerprint density at radius 1 is 1.16 bits per heavy atom. The minimum absolute atomic E-state index is 0.0278. The Kier molecular flexibility index (Phi) is 3.92. The zero-order valence-corrected chi connectivity index (χ0v) is 16.2. The van der Waals surface area contributed by atoms with E-state index in [1.807, 2.05) is 30.5 Å². The smallest absolute Gasteiger partial charge is 0.262 e. The minimum atomic E-state index is 0.0278. The SMILES string of the molecule is Cc1ccc2nc(CSc3nc4sc(C)c(C)c4c(=O)n3C)cn2c1. The molecule has 0 fully saturated rings. The van der Waals surface area contributed by atoms with Crippen LogP contribution in [-0.4, -0.2) is 18.9 Å². The van der Waals surface area contributed by atoms with Crippen molar-refractivity contribution in [3.05, 3.63) is 56.6 Å². The van der Waals surface area contributed by atoms with E-state index in [2.05, 4.69) is 24.2 Å². The molecule has 4 aromatic rings. The van der Waals surface area contributed by atoms with E-state index in [1.165, 1.54) is 5.56 Å². The first-order valence-corrected chi connectivity index (χ1v) is 9.78. The molecule has 0 aromatic carbocycles. The van der Waals surface area contributed by atoms with Gasteiger partial charge in [0.2, 0.25) is 0 Å². The molecule has 0 atom stereocenters. The summed E-state index contributed by atoms with van der Waals surface area (Å²) in [6.07, 6.45) is 4.10. The van der Waals surface area contributed by atoms with E-state index in [4.69, 9.17) is 4.98 Å². The Bertz CT molecular complexity index is 1170. The predicted octanol–water partition coefficient (Wildman–Crippen LogP) is 3.86. The van der Waals surface area contributed by atoms with Crippen LogP contribution < -0.4 is 5.56 Å². The molecule has 0 aliphatic rings. The number of rotatable bonds is 3. The van der Waals surface area contributed by atoms with E-state index >= 15 is 0 Å². The molecule has 5 nitrogen and oxygen atoms in total. The average Bonchev–Trinajstić information content (AvgIpc) is 3.10. The van der Waals surface area contributed by atoms with E-state index in [1.54, 1.807) is 34.7 Å². The Balaban J connectivity index is 1.68. The van der Waals surface area contributed by atoms with Crippen LogP contribution in [0.2, 0.25) is 0 Å². The molecule has 25 heavy (non-hydrogen) atoms. The lowest BCUT2D eigenvalue weighted by Gasteiger charge is -2.06. The van der Waals surface area contributed by atoms with Gasteiger partial charge in [0.05, 0.1) is 11.1 Å². The lowest BCUT2D eigenvalue weighted by atomic mass is 10.2. The first kappa shape index (κ1) is 16.4. The number of imidazole rings is 1. The molecule has 128 valence electrons. The van der Waals surface area contributed by atoms with E-state index in [0.717, 1.165) is 37.2 Å². The zero-order valence-electron chi connectivity index (χ0n) is 14.5. The van der Waals surface area contributed by atoms with Gasteiger partial charge >= 0.3 is 0 Å².